The Kier molecular flexibility index (Phi) is 7.93. The van der Waals surface area contributed by atoms with E-state index in [-0.39, 0.29) is 47.9 Å². The van der Waals surface area contributed by atoms with Crippen LogP contribution < -0.4 is 10.6 Å². The van der Waals surface area contributed by atoms with Crippen LogP contribution in [0.5, 0.6) is 0 Å². The van der Waals surface area contributed by atoms with Gasteiger partial charge in [0.1, 0.15) is 0 Å². The highest BCUT2D eigenvalue weighted by Crippen LogP contribution is 2.62. The maximum atomic E-state index is 13.3. The number of ether oxygens (including phenoxy) is 1. The van der Waals surface area contributed by atoms with Crippen LogP contribution in [0.25, 0.3) is 0 Å². The van der Waals surface area contributed by atoms with Gasteiger partial charge in [-0.25, -0.2) is 4.98 Å². The maximum absolute atomic E-state index is 13.3. The largest absolute Gasteiger partial charge is 0.459 e. The van der Waals surface area contributed by atoms with E-state index in [1.807, 2.05) is 6.92 Å². The molecule has 4 N–H and O–H groups in total. The lowest BCUT2D eigenvalue weighted by Gasteiger charge is -2.58. The number of carbonyl (C=O) groups is 2. The summed E-state index contributed by atoms with van der Waals surface area (Å²) in [5, 5.41) is 27.8. The molecule has 1 saturated heterocycles. The van der Waals surface area contributed by atoms with Crippen molar-refractivity contribution in [1.82, 2.24) is 15.2 Å². The van der Waals surface area contributed by atoms with Crippen molar-refractivity contribution in [2.45, 2.75) is 51.6 Å². The van der Waals surface area contributed by atoms with Gasteiger partial charge in [0, 0.05) is 48.8 Å². The zero-order valence-corrected chi connectivity index (χ0v) is 22.9. The zero-order chi connectivity index (χ0) is 26.9. The lowest BCUT2D eigenvalue weighted by Crippen LogP contribution is -2.57. The number of nitrogens with one attached hydrogen (secondary N) is 2. The van der Waals surface area contributed by atoms with Crippen LogP contribution in [0.1, 0.15) is 60.2 Å². The minimum Gasteiger partial charge on any atom is -0.459 e. The molecule has 38 heavy (non-hydrogen) atoms. The number of aliphatic hydroxyl groups excluding tert-OH is 2. The summed E-state index contributed by atoms with van der Waals surface area (Å²) in [5.41, 5.74) is -0.206. The van der Waals surface area contributed by atoms with E-state index < -0.39 is 11.5 Å². The number of furan rings is 1. The number of rotatable bonds is 8. The van der Waals surface area contributed by atoms with E-state index >= 15 is 0 Å². The number of nitrogens with zero attached hydrogens (tertiary/aromatic N) is 2. The highest BCUT2D eigenvalue weighted by molar-refractivity contribution is 7.15. The molecule has 3 aliphatic rings. The minimum atomic E-state index is -0.697. The molecule has 5 rings (SSSR count). The monoisotopic (exact) mass is 546 g/mol. The molecule has 10 nitrogen and oxygen atoms in total. The number of anilines is 1. The van der Waals surface area contributed by atoms with E-state index in [1.165, 1.54) is 17.6 Å². The van der Waals surface area contributed by atoms with E-state index in [9.17, 15) is 19.8 Å². The number of carbonyl (C=O) groups excluding carboxylic acids is 2. The summed E-state index contributed by atoms with van der Waals surface area (Å²) in [7, 11) is 0. The molecule has 2 fully saturated rings. The molecule has 2 aromatic rings. The smallest absolute Gasteiger partial charge is 0.293 e. The summed E-state index contributed by atoms with van der Waals surface area (Å²) >= 11 is 1.40. The number of morpholine rings is 1. The summed E-state index contributed by atoms with van der Waals surface area (Å²) in [6, 6.07) is 3.25. The van der Waals surface area contributed by atoms with Crippen molar-refractivity contribution in [2.75, 3.05) is 51.3 Å². The number of aliphatic hydroxyl groups is 2. The van der Waals surface area contributed by atoms with E-state index in [1.54, 1.807) is 12.1 Å². The van der Waals surface area contributed by atoms with Crippen LogP contribution in [0.4, 0.5) is 5.13 Å². The van der Waals surface area contributed by atoms with Gasteiger partial charge < -0.3 is 24.7 Å². The Balaban J connectivity index is 1.38. The molecule has 11 heteroatoms. The number of hydrogen-bond donors (Lipinski definition) is 4. The van der Waals surface area contributed by atoms with Gasteiger partial charge in [-0.15, -0.1) is 11.3 Å². The fourth-order valence-electron chi connectivity index (χ4n) is 6.70. The molecule has 2 aliphatic carbocycles. The second kappa shape index (κ2) is 11.1. The quantitative estimate of drug-likeness (QED) is 0.396. The van der Waals surface area contributed by atoms with Crippen LogP contribution in [0.2, 0.25) is 0 Å². The van der Waals surface area contributed by atoms with Crippen molar-refractivity contribution in [2.24, 2.45) is 16.7 Å². The number of aromatic nitrogens is 1. The Labute approximate surface area is 226 Å². The van der Waals surface area contributed by atoms with Crippen LogP contribution in [-0.2, 0) is 16.0 Å². The van der Waals surface area contributed by atoms with Crippen LogP contribution in [0.3, 0.4) is 0 Å². The number of hydrogen-bond acceptors (Lipinski definition) is 9. The van der Waals surface area contributed by atoms with Gasteiger partial charge in [0.05, 0.1) is 37.9 Å². The van der Waals surface area contributed by atoms with Crippen molar-refractivity contribution in [3.05, 3.63) is 34.7 Å². The van der Waals surface area contributed by atoms with Gasteiger partial charge in [-0.3, -0.25) is 19.8 Å². The fourth-order valence-corrected chi connectivity index (χ4v) is 7.77. The van der Waals surface area contributed by atoms with E-state index in [0.717, 1.165) is 49.8 Å². The van der Waals surface area contributed by atoms with Crippen molar-refractivity contribution in [3.8, 4) is 0 Å². The topological polar surface area (TPSA) is 137 Å². The molecule has 0 bridgehead atoms. The normalized spacial score (nSPS) is 31.3. The maximum Gasteiger partial charge on any atom is 0.293 e. The number of thiazole rings is 1. The van der Waals surface area contributed by atoms with Gasteiger partial charge in [-0.2, -0.15) is 0 Å². The second-order valence-electron chi connectivity index (χ2n) is 11.3. The third-order valence-electron chi connectivity index (χ3n) is 9.10. The molecule has 3 heterocycles. The molecule has 0 unspecified atom stereocenters. The van der Waals surface area contributed by atoms with E-state index in [2.05, 4.69) is 22.5 Å². The van der Waals surface area contributed by atoms with Crippen molar-refractivity contribution < 1.29 is 29.0 Å². The summed E-state index contributed by atoms with van der Waals surface area (Å²) in [6.07, 6.45) is 2.99. The molecule has 208 valence electrons. The van der Waals surface area contributed by atoms with Crippen LogP contribution >= 0.6 is 11.3 Å². The number of amides is 2. The van der Waals surface area contributed by atoms with Crippen molar-refractivity contribution in [1.29, 1.82) is 0 Å². The average molecular weight is 547 g/mol. The molecule has 0 aromatic carbocycles. The van der Waals surface area contributed by atoms with Crippen LogP contribution in [0, 0.1) is 16.7 Å². The van der Waals surface area contributed by atoms with Gasteiger partial charge in [-0.05, 0) is 42.7 Å². The lowest BCUT2D eigenvalue weighted by molar-refractivity contribution is -0.144. The molecule has 0 radical (unpaired) electrons. The summed E-state index contributed by atoms with van der Waals surface area (Å²) in [4.78, 5) is 34.0. The molecule has 1 aliphatic heterocycles. The predicted octanol–water partition coefficient (Wildman–Crippen LogP) is 2.24. The first-order valence-corrected chi connectivity index (χ1v) is 14.3. The third kappa shape index (κ3) is 5.14. The average Bonchev–Trinajstić information content (AvgIpc) is 3.59. The van der Waals surface area contributed by atoms with Gasteiger partial charge >= 0.3 is 0 Å². The molecule has 2 aromatic heterocycles. The Morgan fingerprint density at radius 1 is 1.29 bits per heavy atom. The van der Waals surface area contributed by atoms with Crippen LogP contribution in [-0.4, -0.2) is 84.0 Å². The first-order valence-electron chi connectivity index (χ1n) is 13.4. The van der Waals surface area contributed by atoms with Gasteiger partial charge in [0.2, 0.25) is 5.91 Å². The Hall–Kier alpha value is -2.31. The SMILES string of the molecule is C[C@]1(CO)[C@H]2Cc3sc(NC(=O)c4ccco4)nc3[C@@H](CC(=O)NCCN3CCOCC3)[C@]2(C)CC[C@H]1O. The van der Waals surface area contributed by atoms with E-state index in [0.29, 0.717) is 24.5 Å². The molecular formula is C27H38N4O6S. The third-order valence-corrected chi connectivity index (χ3v) is 10.1. The summed E-state index contributed by atoms with van der Waals surface area (Å²) in [5.74, 6) is -0.467. The Morgan fingerprint density at radius 3 is 2.79 bits per heavy atom. The first kappa shape index (κ1) is 27.3. The molecule has 2 amide bonds. The van der Waals surface area contributed by atoms with Crippen LogP contribution in [0.15, 0.2) is 22.8 Å². The lowest BCUT2D eigenvalue weighted by atomic mass is 9.47. The molecule has 0 spiro atoms. The fraction of sp³-hybridized carbons (Fsp3) is 0.667. The molecular weight excluding hydrogens is 508 g/mol. The van der Waals surface area contributed by atoms with Gasteiger partial charge in [0.15, 0.2) is 10.9 Å². The zero-order valence-electron chi connectivity index (χ0n) is 22.1. The van der Waals surface area contributed by atoms with Crippen molar-refractivity contribution >= 4 is 28.3 Å². The van der Waals surface area contributed by atoms with Gasteiger partial charge in [-0.1, -0.05) is 13.8 Å². The Bertz CT molecular complexity index is 1130. The standard InChI is InChI=1S/C27H38N4O6S/c1-26-6-5-21(33)27(2,16-32)20(26)15-19-23(29-25(38-19)30-24(35)18-4-3-11-37-18)17(26)14-22(34)28-7-8-31-9-12-36-13-10-31/h3-4,11,17,20-21,32-33H,5-10,12-16H2,1-2H3,(H,28,34)(H,29,30,35)/t17-,20+,21-,26+,27+/m1/s1. The van der Waals surface area contributed by atoms with E-state index in [4.69, 9.17) is 14.1 Å². The molecule has 1 saturated carbocycles. The number of fused-ring (bicyclic) bond motifs is 2. The minimum absolute atomic E-state index is 0.0397. The highest BCUT2D eigenvalue weighted by atomic mass is 32.1. The summed E-state index contributed by atoms with van der Waals surface area (Å²) in [6.45, 7) is 8.50. The van der Waals surface area contributed by atoms with Crippen molar-refractivity contribution in [3.63, 3.8) is 0 Å². The summed E-state index contributed by atoms with van der Waals surface area (Å²) < 4.78 is 10.6. The highest BCUT2D eigenvalue weighted by Gasteiger charge is 2.59. The first-order chi connectivity index (χ1) is 18.2. The second-order valence-corrected chi connectivity index (χ2v) is 12.4. The van der Waals surface area contributed by atoms with Gasteiger partial charge in [0.25, 0.3) is 5.91 Å². The Morgan fingerprint density at radius 2 is 2.08 bits per heavy atom. The predicted molar refractivity (Wildman–Crippen MR) is 142 cm³/mol. The molecule has 5 atom stereocenters.